The van der Waals surface area contributed by atoms with E-state index in [2.05, 4.69) is 5.32 Å². The van der Waals surface area contributed by atoms with Crippen LogP contribution in [0.2, 0.25) is 0 Å². The number of hydrogen-bond acceptors (Lipinski definition) is 5. The summed E-state index contributed by atoms with van der Waals surface area (Å²) in [6, 6.07) is 17.9. The summed E-state index contributed by atoms with van der Waals surface area (Å²) in [7, 11) is 0. The molecule has 2 aromatic rings. The molecule has 3 saturated heterocycles. The number of quaternary nitrogens is 1. The summed E-state index contributed by atoms with van der Waals surface area (Å²) < 4.78 is 12.3. The summed E-state index contributed by atoms with van der Waals surface area (Å²) in [4.78, 5) is 25.9. The second-order valence-electron chi connectivity index (χ2n) is 11.4. The average molecular weight is 576 g/mol. The van der Waals surface area contributed by atoms with Crippen molar-refractivity contribution in [2.24, 2.45) is 5.92 Å². The van der Waals surface area contributed by atoms with Crippen LogP contribution in [0.4, 0.5) is 4.79 Å². The maximum atomic E-state index is 13.7. The number of fused-ring (bicyclic) bond motifs is 3. The predicted molar refractivity (Wildman–Crippen MR) is 137 cm³/mol. The van der Waals surface area contributed by atoms with Gasteiger partial charge in [-0.05, 0) is 38.8 Å². The molecule has 2 atom stereocenters. The van der Waals surface area contributed by atoms with Crippen molar-refractivity contribution in [3.8, 4) is 0 Å². The van der Waals surface area contributed by atoms with Crippen LogP contribution < -0.4 is 22.3 Å². The first-order valence-corrected chi connectivity index (χ1v) is 12.9. The van der Waals surface area contributed by atoms with Crippen molar-refractivity contribution in [3.05, 3.63) is 71.8 Å². The highest BCUT2D eigenvalue weighted by atomic mass is 79.9. The summed E-state index contributed by atoms with van der Waals surface area (Å²) in [6.45, 7) is 10.9. The largest absolute Gasteiger partial charge is 1.00 e. The molecule has 0 saturated carbocycles. The normalized spacial score (nSPS) is 23.9. The van der Waals surface area contributed by atoms with Gasteiger partial charge in [-0.1, -0.05) is 60.7 Å². The van der Waals surface area contributed by atoms with Crippen LogP contribution in [0.3, 0.4) is 0 Å². The van der Waals surface area contributed by atoms with Gasteiger partial charge in [0.15, 0.2) is 6.10 Å². The molecule has 0 aliphatic carbocycles. The number of halogens is 1. The van der Waals surface area contributed by atoms with Crippen LogP contribution in [-0.4, -0.2) is 65.6 Å². The molecule has 7 nitrogen and oxygen atoms in total. The average Bonchev–Trinajstić information content (AvgIpc) is 2.83. The van der Waals surface area contributed by atoms with Crippen molar-refractivity contribution in [2.45, 2.75) is 63.9 Å². The number of hydrogen-bond donors (Lipinski definition) is 2. The molecule has 5 rings (SSSR count). The minimum Gasteiger partial charge on any atom is -1.00 e. The van der Waals surface area contributed by atoms with Gasteiger partial charge >= 0.3 is 12.1 Å². The molecule has 0 unspecified atom stereocenters. The Balaban J connectivity index is 0.00000380. The molecule has 0 spiro atoms. The molecule has 8 heteroatoms. The molecule has 2 bridgehead atoms. The Morgan fingerprint density at radius 2 is 1.51 bits per heavy atom. The summed E-state index contributed by atoms with van der Waals surface area (Å²) >= 11 is 0. The number of piperidine rings is 3. The molecular formula is C29H39BrN2O5. The van der Waals surface area contributed by atoms with Gasteiger partial charge in [-0.25, -0.2) is 9.59 Å². The Kier molecular flexibility index (Phi) is 9.09. The fraction of sp³-hybridized carbons (Fsp3) is 0.517. The maximum Gasteiger partial charge on any atom is 0.408 e. The van der Waals surface area contributed by atoms with Crippen LogP contribution in [0.15, 0.2) is 60.7 Å². The number of nitrogens with one attached hydrogen (secondary N) is 1. The number of carbonyl (C=O) groups is 2. The lowest BCUT2D eigenvalue weighted by atomic mass is 9.82. The lowest BCUT2D eigenvalue weighted by Crippen LogP contribution is -3.00. The quantitative estimate of drug-likeness (QED) is 0.380. The number of nitrogens with zero attached hydrogens (tertiary/aromatic N) is 1. The molecule has 0 radical (unpaired) electrons. The van der Waals surface area contributed by atoms with Gasteiger partial charge in [0, 0.05) is 18.8 Å². The molecule has 2 N–H and O–H groups in total. The van der Waals surface area contributed by atoms with E-state index in [1.807, 2.05) is 64.1 Å². The first-order valence-electron chi connectivity index (χ1n) is 12.9. The van der Waals surface area contributed by atoms with Crippen LogP contribution >= 0.6 is 0 Å². The van der Waals surface area contributed by atoms with Crippen molar-refractivity contribution in [2.75, 3.05) is 26.2 Å². The fourth-order valence-electron chi connectivity index (χ4n) is 5.73. The van der Waals surface area contributed by atoms with Gasteiger partial charge in [0.1, 0.15) is 12.1 Å². The SMILES string of the molecule is C[C@H](C[N+]12CCC(CC1)[C@@H](OC(=O)C(O)(c1ccccc1)c1ccccc1)C2)NC(=O)OC(C)(C)C.[Br-]. The van der Waals surface area contributed by atoms with Gasteiger partial charge in [-0.15, -0.1) is 0 Å². The molecule has 202 valence electrons. The third kappa shape index (κ3) is 6.72. The van der Waals surface area contributed by atoms with Crippen molar-refractivity contribution in [1.29, 1.82) is 0 Å². The zero-order valence-electron chi connectivity index (χ0n) is 22.2. The Bertz CT molecular complexity index is 1010. The number of alkyl carbamates (subject to hydrolysis) is 1. The van der Waals surface area contributed by atoms with Crippen molar-refractivity contribution >= 4 is 12.1 Å². The molecule has 3 aliphatic rings. The van der Waals surface area contributed by atoms with Gasteiger partial charge in [-0.2, -0.15) is 0 Å². The first-order chi connectivity index (χ1) is 17.0. The topological polar surface area (TPSA) is 84.9 Å². The van der Waals surface area contributed by atoms with Gasteiger partial charge in [0.2, 0.25) is 5.60 Å². The molecule has 1 amide bonds. The molecule has 37 heavy (non-hydrogen) atoms. The number of ether oxygens (including phenoxy) is 2. The lowest BCUT2D eigenvalue weighted by molar-refractivity contribution is -0.946. The standard InChI is InChI=1S/C29H38N2O5.BrH/c1-21(30-27(33)36-28(2,3)4)19-31-17-15-22(16-18-31)25(20-31)35-26(32)29(34,23-11-7-5-8-12-23)24-13-9-6-10-14-24;/h5-14,21-22,25,34H,15-20H2,1-4H3;1H/t21-,22?,25+,31?;/m1./s1. The molecular weight excluding hydrogens is 536 g/mol. The second-order valence-corrected chi connectivity index (χ2v) is 11.4. The minimum absolute atomic E-state index is 0. The zero-order chi connectivity index (χ0) is 26.0. The minimum atomic E-state index is -1.88. The molecule has 2 aromatic carbocycles. The van der Waals surface area contributed by atoms with Crippen LogP contribution in [0.5, 0.6) is 0 Å². The fourth-order valence-corrected chi connectivity index (χ4v) is 5.73. The van der Waals surface area contributed by atoms with E-state index < -0.39 is 23.3 Å². The molecule has 3 heterocycles. The third-order valence-corrected chi connectivity index (χ3v) is 7.40. The number of rotatable bonds is 7. The second kappa shape index (κ2) is 11.5. The van der Waals surface area contributed by atoms with E-state index in [0.717, 1.165) is 37.0 Å². The number of esters is 1. The Labute approximate surface area is 230 Å². The van der Waals surface area contributed by atoms with Crippen molar-refractivity contribution in [3.63, 3.8) is 0 Å². The van der Waals surface area contributed by atoms with Crippen molar-refractivity contribution in [1.82, 2.24) is 5.32 Å². The number of aliphatic hydroxyl groups is 1. The lowest BCUT2D eigenvalue weighted by Gasteiger charge is -2.53. The van der Waals surface area contributed by atoms with E-state index in [1.165, 1.54) is 0 Å². The van der Waals surface area contributed by atoms with E-state index in [4.69, 9.17) is 9.47 Å². The zero-order valence-corrected chi connectivity index (χ0v) is 23.7. The highest BCUT2D eigenvalue weighted by molar-refractivity contribution is 5.85. The smallest absolute Gasteiger partial charge is 0.408 e. The van der Waals surface area contributed by atoms with Gasteiger partial charge in [0.25, 0.3) is 0 Å². The Morgan fingerprint density at radius 3 is 2.00 bits per heavy atom. The van der Waals surface area contributed by atoms with Crippen LogP contribution in [0.1, 0.15) is 51.7 Å². The Hall–Kier alpha value is -2.42. The van der Waals surface area contributed by atoms with E-state index in [9.17, 15) is 14.7 Å². The van der Waals surface area contributed by atoms with Gasteiger partial charge in [0.05, 0.1) is 25.7 Å². The van der Waals surface area contributed by atoms with Crippen LogP contribution in [0, 0.1) is 5.92 Å². The third-order valence-electron chi connectivity index (χ3n) is 7.40. The predicted octanol–water partition coefficient (Wildman–Crippen LogP) is 0.992. The van der Waals surface area contributed by atoms with Crippen molar-refractivity contribution < 1.29 is 45.6 Å². The summed E-state index contributed by atoms with van der Waals surface area (Å²) in [5.41, 5.74) is -1.46. The van der Waals surface area contributed by atoms with Crippen LogP contribution in [0.25, 0.3) is 0 Å². The monoisotopic (exact) mass is 574 g/mol. The summed E-state index contributed by atoms with van der Waals surface area (Å²) in [6.07, 6.45) is 1.20. The maximum absolute atomic E-state index is 13.7. The van der Waals surface area contributed by atoms with E-state index in [1.54, 1.807) is 24.3 Å². The summed E-state index contributed by atoms with van der Waals surface area (Å²) in [5.74, 6) is -0.365. The van der Waals surface area contributed by atoms with Crippen LogP contribution in [-0.2, 0) is 19.9 Å². The summed E-state index contributed by atoms with van der Waals surface area (Å²) in [5, 5.41) is 14.7. The Morgan fingerprint density at radius 1 is 1.00 bits per heavy atom. The number of carbonyl (C=O) groups excluding carboxylic acids is 2. The number of amides is 1. The molecule has 0 aromatic heterocycles. The van der Waals surface area contributed by atoms with E-state index in [0.29, 0.717) is 17.7 Å². The van der Waals surface area contributed by atoms with Gasteiger partial charge in [-0.3, -0.25) is 0 Å². The highest BCUT2D eigenvalue weighted by Crippen LogP contribution is 2.38. The first kappa shape index (κ1) is 29.1. The van der Waals surface area contributed by atoms with E-state index >= 15 is 0 Å². The highest BCUT2D eigenvalue weighted by Gasteiger charge is 2.51. The molecule has 3 aliphatic heterocycles. The van der Waals surface area contributed by atoms with Gasteiger partial charge < -0.3 is 41.4 Å². The number of benzene rings is 2. The molecule has 3 fully saturated rings. The van der Waals surface area contributed by atoms with E-state index in [-0.39, 0.29) is 35.0 Å².